The second-order valence-corrected chi connectivity index (χ2v) is 4.76. The van der Waals surface area contributed by atoms with Crippen molar-refractivity contribution in [3.8, 4) is 0 Å². The first-order valence-electron chi connectivity index (χ1n) is 6.63. The maximum Gasteiger partial charge on any atom is 0.320 e. The van der Waals surface area contributed by atoms with Crippen LogP contribution in [0.1, 0.15) is 12.8 Å². The molecule has 114 valence electrons. The highest BCUT2D eigenvalue weighted by Gasteiger charge is 2.35. The normalized spacial score (nSPS) is 18.6. The van der Waals surface area contributed by atoms with Crippen molar-refractivity contribution in [1.82, 2.24) is 20.4 Å². The van der Waals surface area contributed by atoms with Crippen LogP contribution in [0.4, 0.5) is 4.79 Å². The summed E-state index contributed by atoms with van der Waals surface area (Å²) in [6.07, 6.45) is 0.421. The molecule has 1 saturated heterocycles. The number of hydrogen-bond acceptors (Lipinski definition) is 4. The molecule has 0 aromatic rings. The van der Waals surface area contributed by atoms with Crippen molar-refractivity contribution >= 4 is 17.9 Å². The van der Waals surface area contributed by atoms with Gasteiger partial charge in [0.1, 0.15) is 6.04 Å². The van der Waals surface area contributed by atoms with Crippen molar-refractivity contribution in [2.45, 2.75) is 18.9 Å². The van der Waals surface area contributed by atoms with Crippen LogP contribution in [0.25, 0.3) is 0 Å². The summed E-state index contributed by atoms with van der Waals surface area (Å²) in [5.41, 5.74) is 0. The highest BCUT2D eigenvalue weighted by atomic mass is 16.4. The van der Waals surface area contributed by atoms with E-state index in [0.717, 1.165) is 13.0 Å². The Labute approximate surface area is 118 Å². The molecule has 3 N–H and O–H groups in total. The van der Waals surface area contributed by atoms with E-state index in [1.54, 1.807) is 7.05 Å². The van der Waals surface area contributed by atoms with Crippen molar-refractivity contribution < 1.29 is 19.5 Å². The van der Waals surface area contributed by atoms with Gasteiger partial charge in [0, 0.05) is 26.7 Å². The van der Waals surface area contributed by atoms with Crippen LogP contribution in [0.2, 0.25) is 0 Å². The maximum absolute atomic E-state index is 12.3. The molecule has 0 saturated carbocycles. The van der Waals surface area contributed by atoms with Gasteiger partial charge in [-0.1, -0.05) is 0 Å². The fraction of sp³-hybridized carbons (Fsp3) is 0.750. The van der Waals surface area contributed by atoms with Gasteiger partial charge in [-0.25, -0.2) is 4.79 Å². The van der Waals surface area contributed by atoms with E-state index < -0.39 is 17.9 Å². The molecule has 8 nitrogen and oxygen atoms in total. The molecule has 0 aliphatic carbocycles. The zero-order chi connectivity index (χ0) is 15.1. The van der Waals surface area contributed by atoms with E-state index in [1.807, 2.05) is 7.05 Å². The first-order valence-corrected chi connectivity index (χ1v) is 6.63. The molecular formula is C12H22N4O4. The van der Waals surface area contributed by atoms with Crippen LogP contribution in [-0.2, 0) is 9.59 Å². The van der Waals surface area contributed by atoms with Crippen LogP contribution in [0.5, 0.6) is 0 Å². The molecule has 1 fully saturated rings. The Bertz CT molecular complexity index is 374. The largest absolute Gasteiger partial charge is 0.481 e. The third-order valence-corrected chi connectivity index (χ3v) is 3.19. The fourth-order valence-electron chi connectivity index (χ4n) is 2.12. The van der Waals surface area contributed by atoms with E-state index in [1.165, 1.54) is 9.80 Å². The number of carboxylic acids is 1. The number of amides is 3. The van der Waals surface area contributed by atoms with Gasteiger partial charge in [-0.15, -0.1) is 0 Å². The first kappa shape index (κ1) is 16.2. The second kappa shape index (κ2) is 7.68. The Balaban J connectivity index is 2.66. The van der Waals surface area contributed by atoms with E-state index >= 15 is 0 Å². The van der Waals surface area contributed by atoms with Crippen molar-refractivity contribution in [3.05, 3.63) is 0 Å². The molecule has 0 radical (unpaired) electrons. The molecule has 1 aliphatic rings. The molecule has 0 bridgehead atoms. The predicted octanol–water partition coefficient (Wildman–Crippen LogP) is -1.08. The molecule has 1 rings (SSSR count). The summed E-state index contributed by atoms with van der Waals surface area (Å²) in [5, 5.41) is 14.4. The highest BCUT2D eigenvalue weighted by Crippen LogP contribution is 2.11. The van der Waals surface area contributed by atoms with E-state index in [4.69, 9.17) is 5.11 Å². The van der Waals surface area contributed by atoms with Gasteiger partial charge in [0.15, 0.2) is 0 Å². The minimum Gasteiger partial charge on any atom is -0.481 e. The summed E-state index contributed by atoms with van der Waals surface area (Å²) in [7, 11) is 3.49. The maximum atomic E-state index is 12.3. The lowest BCUT2D eigenvalue weighted by Gasteiger charge is -2.36. The van der Waals surface area contributed by atoms with Gasteiger partial charge in [0.2, 0.25) is 5.91 Å². The van der Waals surface area contributed by atoms with Crippen molar-refractivity contribution in [1.29, 1.82) is 0 Å². The standard InChI is InChI=1S/C12H22N4O4/c1-13-4-3-6-15(2)12(20)16-7-5-14-11(19)9(16)8-10(17)18/h9,13H,3-8H2,1-2H3,(H,14,19)(H,17,18). The van der Waals surface area contributed by atoms with E-state index in [-0.39, 0.29) is 12.5 Å². The number of hydrogen-bond donors (Lipinski definition) is 3. The highest BCUT2D eigenvalue weighted by molar-refractivity contribution is 5.91. The van der Waals surface area contributed by atoms with Gasteiger partial charge in [-0.05, 0) is 20.0 Å². The number of carbonyl (C=O) groups is 3. The Kier molecular flexibility index (Phi) is 6.23. The summed E-state index contributed by atoms with van der Waals surface area (Å²) in [6.45, 7) is 2.03. The van der Waals surface area contributed by atoms with E-state index in [9.17, 15) is 14.4 Å². The van der Waals surface area contributed by atoms with Crippen LogP contribution in [0, 0.1) is 0 Å². The molecular weight excluding hydrogens is 264 g/mol. The van der Waals surface area contributed by atoms with Gasteiger partial charge in [0.05, 0.1) is 6.42 Å². The lowest BCUT2D eigenvalue weighted by atomic mass is 10.1. The quantitative estimate of drug-likeness (QED) is 0.539. The van der Waals surface area contributed by atoms with Crippen LogP contribution >= 0.6 is 0 Å². The van der Waals surface area contributed by atoms with Gasteiger partial charge in [-0.3, -0.25) is 9.59 Å². The summed E-state index contributed by atoms with van der Waals surface area (Å²) < 4.78 is 0. The molecule has 8 heteroatoms. The van der Waals surface area contributed by atoms with Crippen LogP contribution in [0.15, 0.2) is 0 Å². The number of carbonyl (C=O) groups excluding carboxylic acids is 2. The molecule has 1 aliphatic heterocycles. The number of rotatable bonds is 6. The summed E-state index contributed by atoms with van der Waals surface area (Å²) >= 11 is 0. The monoisotopic (exact) mass is 286 g/mol. The zero-order valence-electron chi connectivity index (χ0n) is 11.9. The Morgan fingerprint density at radius 1 is 1.55 bits per heavy atom. The number of nitrogens with one attached hydrogen (secondary N) is 2. The Morgan fingerprint density at radius 3 is 2.85 bits per heavy atom. The Hall–Kier alpha value is -1.83. The lowest BCUT2D eigenvalue weighted by Crippen LogP contribution is -2.60. The van der Waals surface area contributed by atoms with Gasteiger partial charge < -0.3 is 25.5 Å². The minimum absolute atomic E-state index is 0.304. The lowest BCUT2D eigenvalue weighted by molar-refractivity contribution is -0.142. The number of carboxylic acid groups (broad SMARTS) is 1. The van der Waals surface area contributed by atoms with Crippen molar-refractivity contribution in [2.24, 2.45) is 0 Å². The third-order valence-electron chi connectivity index (χ3n) is 3.19. The predicted molar refractivity (Wildman–Crippen MR) is 72.3 cm³/mol. The summed E-state index contributed by atoms with van der Waals surface area (Å²) in [6, 6.07) is -1.23. The van der Waals surface area contributed by atoms with Gasteiger partial charge in [-0.2, -0.15) is 0 Å². The summed E-state index contributed by atoms with van der Waals surface area (Å²) in [4.78, 5) is 37.7. The van der Waals surface area contributed by atoms with E-state index in [0.29, 0.717) is 19.6 Å². The van der Waals surface area contributed by atoms with Gasteiger partial charge >= 0.3 is 12.0 Å². The molecule has 20 heavy (non-hydrogen) atoms. The molecule has 0 spiro atoms. The van der Waals surface area contributed by atoms with Crippen molar-refractivity contribution in [3.63, 3.8) is 0 Å². The Morgan fingerprint density at radius 2 is 2.25 bits per heavy atom. The minimum atomic E-state index is -1.09. The number of nitrogens with zero attached hydrogens (tertiary/aromatic N) is 2. The van der Waals surface area contributed by atoms with Gasteiger partial charge in [0.25, 0.3) is 0 Å². The van der Waals surface area contributed by atoms with E-state index in [2.05, 4.69) is 10.6 Å². The number of urea groups is 1. The average Bonchev–Trinajstić information content (AvgIpc) is 2.40. The van der Waals surface area contributed by atoms with Crippen LogP contribution in [-0.4, -0.2) is 79.1 Å². The summed E-state index contributed by atoms with van der Waals surface area (Å²) in [5.74, 6) is -1.50. The molecule has 1 unspecified atom stereocenters. The second-order valence-electron chi connectivity index (χ2n) is 4.76. The number of aliphatic carboxylic acids is 1. The zero-order valence-corrected chi connectivity index (χ0v) is 11.9. The SMILES string of the molecule is CNCCCN(C)C(=O)N1CCNC(=O)C1CC(=O)O. The van der Waals surface area contributed by atoms with Crippen LogP contribution < -0.4 is 10.6 Å². The fourth-order valence-corrected chi connectivity index (χ4v) is 2.12. The molecule has 0 aromatic heterocycles. The van der Waals surface area contributed by atoms with Crippen LogP contribution in [0.3, 0.4) is 0 Å². The number of piperazine rings is 1. The first-order chi connectivity index (χ1) is 9.47. The third kappa shape index (κ3) is 4.37. The molecule has 1 atom stereocenters. The molecule has 3 amide bonds. The smallest absolute Gasteiger partial charge is 0.320 e. The molecule has 1 heterocycles. The topological polar surface area (TPSA) is 102 Å². The molecule has 0 aromatic carbocycles. The average molecular weight is 286 g/mol. The van der Waals surface area contributed by atoms with Crippen molar-refractivity contribution in [2.75, 3.05) is 40.3 Å².